The Balaban J connectivity index is 4.17. The third kappa shape index (κ3) is 9.03. The molecule has 0 heterocycles. The molecular weight excluding hydrogens is 270 g/mol. The van der Waals surface area contributed by atoms with Gasteiger partial charge in [0.1, 0.15) is 5.60 Å². The summed E-state index contributed by atoms with van der Waals surface area (Å²) in [5.74, 6) is -3.13. The number of hydrogen-bond donors (Lipinski definition) is 3. The lowest BCUT2D eigenvalue weighted by Crippen LogP contribution is -2.51. The molecule has 0 spiro atoms. The van der Waals surface area contributed by atoms with E-state index in [4.69, 9.17) is 4.74 Å². The molecule has 120 valence electrons. The molecule has 0 aliphatic carbocycles. The second kappa shape index (κ2) is 6.67. The minimum Gasteiger partial charge on any atom is -0.444 e. The fraction of sp³-hybridized carbons (Fsp3) is 0.923. The average molecular weight is 296 g/mol. The number of ether oxygens (including phenoxy) is 1. The molecule has 0 fully saturated rings. The minimum absolute atomic E-state index is 0.505. The quantitative estimate of drug-likeness (QED) is 0.700. The number of rotatable bonds is 6. The molecule has 0 bridgehead atoms. The Labute approximate surface area is 119 Å². The molecule has 0 aliphatic rings. The Kier molecular flexibility index (Phi) is 6.35. The Hall–Kier alpha value is -0.950. The van der Waals surface area contributed by atoms with E-state index in [-0.39, 0.29) is 0 Å². The van der Waals surface area contributed by atoms with Crippen LogP contribution in [0.3, 0.4) is 0 Å². The highest BCUT2D eigenvalue weighted by atomic mass is 19.3. The summed E-state index contributed by atoms with van der Waals surface area (Å²) in [6, 6.07) is -0.505. The van der Waals surface area contributed by atoms with Gasteiger partial charge in [0.25, 0.3) is 5.92 Å². The molecule has 1 atom stereocenters. The number of alkyl halides is 2. The van der Waals surface area contributed by atoms with Gasteiger partial charge in [-0.05, 0) is 41.5 Å². The molecule has 0 radical (unpaired) electrons. The maximum Gasteiger partial charge on any atom is 0.407 e. The van der Waals surface area contributed by atoms with Crippen molar-refractivity contribution in [2.75, 3.05) is 13.1 Å². The van der Waals surface area contributed by atoms with Gasteiger partial charge in [0.2, 0.25) is 0 Å². The van der Waals surface area contributed by atoms with Crippen LogP contribution in [-0.2, 0) is 4.74 Å². The van der Waals surface area contributed by atoms with Gasteiger partial charge in [-0.15, -0.1) is 0 Å². The molecule has 0 aromatic carbocycles. The van der Waals surface area contributed by atoms with Crippen LogP contribution in [0.1, 0.15) is 41.5 Å². The summed E-state index contributed by atoms with van der Waals surface area (Å²) in [6.45, 7) is 8.15. The lowest BCUT2D eigenvalue weighted by Gasteiger charge is -2.29. The highest BCUT2D eigenvalue weighted by Gasteiger charge is 2.32. The van der Waals surface area contributed by atoms with Gasteiger partial charge in [0.05, 0.1) is 18.7 Å². The molecular formula is C13H26F2N2O3. The van der Waals surface area contributed by atoms with Gasteiger partial charge >= 0.3 is 6.09 Å². The van der Waals surface area contributed by atoms with Gasteiger partial charge in [-0.25, -0.2) is 13.6 Å². The molecule has 0 saturated heterocycles. The molecule has 7 heteroatoms. The first-order chi connectivity index (χ1) is 8.73. The number of alkyl carbamates (subject to hydrolysis) is 1. The predicted molar refractivity (Wildman–Crippen MR) is 72.9 cm³/mol. The summed E-state index contributed by atoms with van der Waals surface area (Å²) in [4.78, 5) is 11.3. The number of carbonyl (C=O) groups is 1. The Morgan fingerprint density at radius 1 is 1.20 bits per heavy atom. The molecule has 0 aliphatic heterocycles. The molecule has 5 nitrogen and oxygen atoms in total. The van der Waals surface area contributed by atoms with E-state index in [9.17, 15) is 18.7 Å². The lowest BCUT2D eigenvalue weighted by molar-refractivity contribution is -0.0177. The van der Waals surface area contributed by atoms with Crippen LogP contribution in [-0.4, -0.2) is 47.5 Å². The molecule has 20 heavy (non-hydrogen) atoms. The van der Waals surface area contributed by atoms with Crippen LogP contribution < -0.4 is 10.6 Å². The molecule has 0 saturated carbocycles. The van der Waals surface area contributed by atoms with E-state index in [1.54, 1.807) is 27.7 Å². The van der Waals surface area contributed by atoms with Gasteiger partial charge in [0, 0.05) is 6.04 Å². The summed E-state index contributed by atoms with van der Waals surface area (Å²) in [5, 5.41) is 14.2. The van der Waals surface area contributed by atoms with Crippen LogP contribution in [0.15, 0.2) is 0 Å². The number of aliphatic hydroxyl groups is 1. The van der Waals surface area contributed by atoms with Crippen LogP contribution in [0.4, 0.5) is 13.6 Å². The number of halogens is 2. The second-order valence-electron chi connectivity index (χ2n) is 6.47. The number of carbonyl (C=O) groups excluding carboxylic acids is 1. The van der Waals surface area contributed by atoms with Gasteiger partial charge in [-0.2, -0.15) is 0 Å². The Morgan fingerprint density at radius 2 is 1.70 bits per heavy atom. The lowest BCUT2D eigenvalue weighted by atomic mass is 10.0. The van der Waals surface area contributed by atoms with Crippen molar-refractivity contribution in [2.24, 2.45) is 0 Å². The molecule has 1 unspecified atom stereocenters. The maximum absolute atomic E-state index is 13.6. The number of nitrogens with one attached hydrogen (secondary N) is 2. The van der Waals surface area contributed by atoms with Gasteiger partial charge in [-0.1, -0.05) is 0 Å². The van der Waals surface area contributed by atoms with E-state index in [2.05, 4.69) is 5.32 Å². The Morgan fingerprint density at radius 3 is 2.10 bits per heavy atom. The third-order valence-corrected chi connectivity index (χ3v) is 2.62. The van der Waals surface area contributed by atoms with Crippen molar-refractivity contribution in [3.8, 4) is 0 Å². The monoisotopic (exact) mass is 296 g/mol. The fourth-order valence-corrected chi connectivity index (χ4v) is 1.13. The SMILES string of the molecule is CC(NCC(F)(F)CNC(=O)OC(C)(C)C)C(C)(C)O. The first-order valence-corrected chi connectivity index (χ1v) is 6.53. The summed E-state index contributed by atoms with van der Waals surface area (Å²) < 4.78 is 32.0. The van der Waals surface area contributed by atoms with Gasteiger partial charge in [-0.3, -0.25) is 0 Å². The van der Waals surface area contributed by atoms with Crippen LogP contribution in [0.25, 0.3) is 0 Å². The predicted octanol–water partition coefficient (Wildman–Crippen LogP) is 1.90. The summed E-state index contributed by atoms with van der Waals surface area (Å²) in [6.07, 6.45) is -0.882. The third-order valence-electron chi connectivity index (χ3n) is 2.62. The summed E-state index contributed by atoms with van der Waals surface area (Å²) in [7, 11) is 0. The molecule has 3 N–H and O–H groups in total. The van der Waals surface area contributed by atoms with Crippen molar-refractivity contribution in [2.45, 2.75) is 64.7 Å². The van der Waals surface area contributed by atoms with Crippen molar-refractivity contribution in [3.05, 3.63) is 0 Å². The number of amides is 1. The molecule has 0 aromatic rings. The van der Waals surface area contributed by atoms with E-state index in [1.165, 1.54) is 13.8 Å². The topological polar surface area (TPSA) is 70.6 Å². The van der Waals surface area contributed by atoms with Crippen LogP contribution in [0.2, 0.25) is 0 Å². The first kappa shape index (κ1) is 19.1. The number of hydrogen-bond acceptors (Lipinski definition) is 4. The van der Waals surface area contributed by atoms with E-state index < -0.39 is 42.3 Å². The van der Waals surface area contributed by atoms with Crippen LogP contribution in [0.5, 0.6) is 0 Å². The fourth-order valence-electron chi connectivity index (χ4n) is 1.13. The highest BCUT2D eigenvalue weighted by molar-refractivity contribution is 5.67. The van der Waals surface area contributed by atoms with E-state index in [0.717, 1.165) is 0 Å². The van der Waals surface area contributed by atoms with Crippen molar-refractivity contribution in [1.82, 2.24) is 10.6 Å². The normalized spacial score (nSPS) is 14.8. The summed E-state index contributed by atoms with van der Waals surface area (Å²) >= 11 is 0. The Bertz CT molecular complexity index is 323. The maximum atomic E-state index is 13.6. The largest absolute Gasteiger partial charge is 0.444 e. The highest BCUT2D eigenvalue weighted by Crippen LogP contribution is 2.14. The zero-order chi connectivity index (χ0) is 16.2. The molecule has 1 amide bonds. The van der Waals surface area contributed by atoms with Crippen molar-refractivity contribution < 1.29 is 23.4 Å². The van der Waals surface area contributed by atoms with Crippen molar-refractivity contribution in [1.29, 1.82) is 0 Å². The van der Waals surface area contributed by atoms with Gasteiger partial charge < -0.3 is 20.5 Å². The summed E-state index contributed by atoms with van der Waals surface area (Å²) in [5.41, 5.74) is -1.83. The molecule has 0 rings (SSSR count). The average Bonchev–Trinajstić information content (AvgIpc) is 2.19. The van der Waals surface area contributed by atoms with E-state index in [1.807, 2.05) is 5.32 Å². The van der Waals surface area contributed by atoms with Crippen molar-refractivity contribution in [3.63, 3.8) is 0 Å². The smallest absolute Gasteiger partial charge is 0.407 e. The zero-order valence-electron chi connectivity index (χ0n) is 13.0. The second-order valence-corrected chi connectivity index (χ2v) is 6.47. The van der Waals surface area contributed by atoms with E-state index in [0.29, 0.717) is 0 Å². The van der Waals surface area contributed by atoms with Crippen molar-refractivity contribution >= 4 is 6.09 Å². The van der Waals surface area contributed by atoms with E-state index >= 15 is 0 Å². The van der Waals surface area contributed by atoms with Crippen LogP contribution >= 0.6 is 0 Å². The van der Waals surface area contributed by atoms with Gasteiger partial charge in [0.15, 0.2) is 0 Å². The standard InChI is InChI=1S/C13H26F2N2O3/c1-9(12(5,6)19)16-7-13(14,15)8-17-10(18)20-11(2,3)4/h9,16,19H,7-8H2,1-6H3,(H,17,18). The molecule has 0 aromatic heterocycles. The minimum atomic E-state index is -3.13. The zero-order valence-corrected chi connectivity index (χ0v) is 13.0. The van der Waals surface area contributed by atoms with Crippen LogP contribution in [0, 0.1) is 0 Å². The first-order valence-electron chi connectivity index (χ1n) is 6.53.